The molecule has 3 aromatic carbocycles. The number of amides is 3. The van der Waals surface area contributed by atoms with Crippen LogP contribution in [-0.4, -0.2) is 96.4 Å². The number of halogens is 1. The normalized spacial score (nSPS) is 21.5. The number of rotatable bonds is 19. The highest BCUT2D eigenvalue weighted by atomic mass is 35.5. The summed E-state index contributed by atoms with van der Waals surface area (Å²) in [6.07, 6.45) is 3.28. The number of unbranched alkanes of at least 4 members (excludes halogenated alkanes) is 1. The van der Waals surface area contributed by atoms with Crippen LogP contribution < -0.4 is 20.1 Å². The summed E-state index contributed by atoms with van der Waals surface area (Å²) < 4.78 is 17.9. The second-order valence-corrected chi connectivity index (χ2v) is 20.9. The summed E-state index contributed by atoms with van der Waals surface area (Å²) in [5, 5.41) is 26.3. The highest BCUT2D eigenvalue weighted by molar-refractivity contribution is 6.31. The minimum absolute atomic E-state index is 0.0177. The van der Waals surface area contributed by atoms with Crippen LogP contribution >= 0.6 is 11.6 Å². The Morgan fingerprint density at radius 2 is 1.63 bits per heavy atom. The van der Waals surface area contributed by atoms with E-state index in [4.69, 9.17) is 25.8 Å². The number of carbonyl (C=O) groups is 4. The van der Waals surface area contributed by atoms with Gasteiger partial charge in [0.2, 0.25) is 11.8 Å². The Morgan fingerprint density at radius 3 is 2.24 bits per heavy atom. The van der Waals surface area contributed by atoms with Crippen LogP contribution in [0.1, 0.15) is 127 Å². The van der Waals surface area contributed by atoms with Crippen LogP contribution in [-0.2, 0) is 19.1 Å². The molecule has 2 heterocycles. The molecular formula is C53H66ClN5O8. The van der Waals surface area contributed by atoms with Crippen molar-refractivity contribution in [2.45, 2.75) is 131 Å². The summed E-state index contributed by atoms with van der Waals surface area (Å²) in [6.45, 7) is 18.2. The molecule has 13 nitrogen and oxygen atoms in total. The number of Topliss-reactive ketones (excluding diaryl/α,β-unsaturated/α-hetero) is 1. The van der Waals surface area contributed by atoms with Crippen LogP contribution in [0.25, 0.3) is 5.57 Å². The van der Waals surface area contributed by atoms with Crippen molar-refractivity contribution in [1.82, 2.24) is 15.5 Å². The maximum Gasteiger partial charge on any atom is 0.251 e. The van der Waals surface area contributed by atoms with Crippen molar-refractivity contribution >= 4 is 46.9 Å². The van der Waals surface area contributed by atoms with Crippen LogP contribution in [0, 0.1) is 27.6 Å². The summed E-state index contributed by atoms with van der Waals surface area (Å²) in [6, 6.07) is 20.3. The number of aliphatic hydroxyl groups excluding tert-OH is 1. The second kappa shape index (κ2) is 21.2. The number of carbonyl (C=O) groups excluding carboxylic acids is 4. The van der Waals surface area contributed by atoms with Gasteiger partial charge in [-0.25, -0.2) is 0 Å². The molecule has 14 heteroatoms. The highest BCUT2D eigenvalue weighted by Crippen LogP contribution is 2.55. The van der Waals surface area contributed by atoms with Gasteiger partial charge in [-0.05, 0) is 84.2 Å². The van der Waals surface area contributed by atoms with E-state index >= 15 is 0 Å². The van der Waals surface area contributed by atoms with Crippen LogP contribution in [0.4, 0.5) is 0 Å². The van der Waals surface area contributed by atoms with Crippen molar-refractivity contribution < 1.29 is 38.5 Å². The summed E-state index contributed by atoms with van der Waals surface area (Å²) in [5.74, 6) is -0.0875. The summed E-state index contributed by atoms with van der Waals surface area (Å²) in [7, 11) is 0. The van der Waals surface area contributed by atoms with Crippen molar-refractivity contribution in [3.8, 4) is 17.6 Å². The fourth-order valence-electron chi connectivity index (χ4n) is 9.95. The summed E-state index contributed by atoms with van der Waals surface area (Å²) >= 11 is 6.24. The van der Waals surface area contributed by atoms with Gasteiger partial charge in [-0.15, -0.1) is 0 Å². The molecule has 3 N–H and O–H groups in total. The number of aliphatic hydroxyl groups is 1. The first-order valence-corrected chi connectivity index (χ1v) is 23.6. The van der Waals surface area contributed by atoms with E-state index in [-0.39, 0.29) is 55.7 Å². The van der Waals surface area contributed by atoms with Crippen molar-refractivity contribution in [2.75, 3.05) is 26.4 Å². The lowest BCUT2D eigenvalue weighted by Gasteiger charge is -2.63. The van der Waals surface area contributed by atoms with Gasteiger partial charge < -0.3 is 34.9 Å². The quantitative estimate of drug-likeness (QED) is 0.0995. The summed E-state index contributed by atoms with van der Waals surface area (Å²) in [5.41, 5.74) is 3.73. The number of allylic oxidation sites excluding steroid dienone is 2. The zero-order valence-corrected chi connectivity index (χ0v) is 41.0. The molecular weight excluding hydrogens is 870 g/mol. The maximum absolute atomic E-state index is 14.1. The number of hydrogen-bond acceptors (Lipinski definition) is 10. The Labute approximate surface area is 400 Å². The van der Waals surface area contributed by atoms with E-state index < -0.39 is 46.2 Å². The molecule has 0 radical (unpaired) electrons. The second-order valence-electron chi connectivity index (χ2n) is 20.5. The molecule has 1 saturated heterocycles. The van der Waals surface area contributed by atoms with Crippen molar-refractivity contribution in [1.29, 1.82) is 5.26 Å². The van der Waals surface area contributed by atoms with Gasteiger partial charge in [0.05, 0.1) is 29.3 Å². The molecule has 6 rings (SSSR count). The molecule has 0 unspecified atom stereocenters. The third kappa shape index (κ3) is 12.0. The number of benzene rings is 3. The Bertz CT molecular complexity index is 2380. The Morgan fingerprint density at radius 1 is 0.970 bits per heavy atom. The average Bonchev–Trinajstić information content (AvgIpc) is 3.90. The Balaban J connectivity index is 0.904. The molecule has 1 aliphatic carbocycles. The third-order valence-electron chi connectivity index (χ3n) is 13.4. The molecule has 1 saturated carbocycles. The molecule has 3 aliphatic rings. The zero-order valence-electron chi connectivity index (χ0n) is 40.3. The van der Waals surface area contributed by atoms with Gasteiger partial charge in [0.15, 0.2) is 5.78 Å². The van der Waals surface area contributed by atoms with E-state index in [1.807, 2.05) is 53.0 Å². The smallest absolute Gasteiger partial charge is 0.251 e. The first-order valence-electron chi connectivity index (χ1n) is 23.2. The zero-order chi connectivity index (χ0) is 48.8. The molecule has 0 bridgehead atoms. The lowest BCUT2D eigenvalue weighted by molar-refractivity contribution is -0.164. The standard InChI is InChI=1S/C53H66ClN5O8/c1-32(34-12-14-35(15-13-34)41-22-23-56-33(41)2)26-44(61)43-27-38(60)30-59(43)48(64)46(51(3,4)5)57-45(62)31-65-24-10-11-25-66-39-19-16-36(17-20-39)47(63)58-49-52(6,7)50(53(49,8)9)67-40-21-18-37(29-55)42(54)28-40/h12-21,23,28,32,38,43,46,49-50,60H,10-11,22,24-27,30-31H2,1-9H3,(H,57,62)(H,58,63)/t32-,38+,43-,46+,49?,50?/m0/s1. The van der Waals surface area contributed by atoms with Crippen LogP contribution in [0.5, 0.6) is 11.5 Å². The number of aliphatic imine (C=N–C) groups is 1. The maximum atomic E-state index is 14.1. The van der Waals surface area contributed by atoms with Gasteiger partial charge in [0.1, 0.15) is 36.3 Å². The number of β-amino-alcohol motifs (C(OH)–C–C–N with tert-alkyl or cyclic N) is 1. The molecule has 2 fully saturated rings. The van der Waals surface area contributed by atoms with Crippen molar-refractivity contribution in [3.63, 3.8) is 0 Å². The molecule has 0 spiro atoms. The molecule has 358 valence electrons. The SMILES string of the molecule is CC1=C(c2ccc([C@@H](C)CC(=O)[C@@H]3C[C@@H](O)CN3C(=O)[C@@H](NC(=O)COCCCCOc3ccc(C(=O)NC4C(C)(C)C(Oc5ccc(C#N)c(Cl)c5)C4(C)C)cc3)C(C)(C)C)cc2)CC=N1. The third-order valence-corrected chi connectivity index (χ3v) is 13.7. The highest BCUT2D eigenvalue weighted by Gasteiger charge is 2.64. The minimum Gasteiger partial charge on any atom is -0.494 e. The first-order chi connectivity index (χ1) is 31.6. The number of likely N-dealkylation sites (tertiary alicyclic amines) is 1. The number of nitriles is 1. The van der Waals surface area contributed by atoms with Crippen LogP contribution in [0.15, 0.2) is 77.4 Å². The van der Waals surface area contributed by atoms with E-state index in [0.717, 1.165) is 23.2 Å². The lowest BCUT2D eigenvalue weighted by Crippen LogP contribution is -2.74. The predicted octanol–water partition coefficient (Wildman–Crippen LogP) is 8.46. The minimum atomic E-state index is -0.942. The van der Waals surface area contributed by atoms with E-state index in [0.29, 0.717) is 53.7 Å². The van der Waals surface area contributed by atoms with Crippen molar-refractivity contribution in [2.24, 2.45) is 21.2 Å². The largest absolute Gasteiger partial charge is 0.494 e. The number of hydrogen-bond donors (Lipinski definition) is 3. The fraction of sp³-hybridized carbons (Fsp3) is 0.509. The van der Waals surface area contributed by atoms with E-state index in [1.54, 1.807) is 42.5 Å². The fourth-order valence-corrected chi connectivity index (χ4v) is 10.2. The number of ketones is 1. The van der Waals surface area contributed by atoms with Gasteiger partial charge in [-0.2, -0.15) is 5.26 Å². The molecule has 2 aliphatic heterocycles. The molecule has 4 atom stereocenters. The lowest BCUT2D eigenvalue weighted by atomic mass is 9.49. The van der Waals surface area contributed by atoms with Gasteiger partial charge in [-0.3, -0.25) is 24.2 Å². The van der Waals surface area contributed by atoms with Gasteiger partial charge in [-0.1, -0.05) is 91.3 Å². The Kier molecular flexibility index (Phi) is 16.1. The van der Waals surface area contributed by atoms with E-state index in [1.165, 1.54) is 10.5 Å². The summed E-state index contributed by atoms with van der Waals surface area (Å²) in [4.78, 5) is 60.1. The van der Waals surface area contributed by atoms with Crippen LogP contribution in [0.3, 0.4) is 0 Å². The van der Waals surface area contributed by atoms with Crippen LogP contribution in [0.2, 0.25) is 5.02 Å². The molecule has 3 amide bonds. The Hall–Kier alpha value is -5.55. The molecule has 3 aromatic rings. The van der Waals surface area contributed by atoms with Crippen molar-refractivity contribution in [3.05, 3.63) is 99.7 Å². The van der Waals surface area contributed by atoms with E-state index in [9.17, 15) is 29.5 Å². The number of nitrogens with zero attached hydrogens (tertiary/aromatic N) is 3. The predicted molar refractivity (Wildman–Crippen MR) is 259 cm³/mol. The van der Waals surface area contributed by atoms with Gasteiger partial charge >= 0.3 is 0 Å². The number of nitrogens with one attached hydrogen (secondary N) is 2. The monoisotopic (exact) mass is 935 g/mol. The molecule has 67 heavy (non-hydrogen) atoms. The topological polar surface area (TPSA) is 180 Å². The first kappa shape index (κ1) is 50.9. The number of ether oxygens (including phenoxy) is 3. The van der Waals surface area contributed by atoms with E-state index in [2.05, 4.69) is 61.5 Å². The van der Waals surface area contributed by atoms with Gasteiger partial charge in [0.25, 0.3) is 5.91 Å². The molecule has 0 aromatic heterocycles. The van der Waals surface area contributed by atoms with Gasteiger partial charge in [0, 0.05) is 72.8 Å². The average molecular weight is 937 g/mol.